The number of hydrogen-bond donors (Lipinski definition) is 2. The van der Waals surface area contributed by atoms with Crippen LogP contribution in [0.3, 0.4) is 0 Å². The normalized spacial score (nSPS) is 11.0. The number of nitrogens with zero attached hydrogens (tertiary/aromatic N) is 2. The summed E-state index contributed by atoms with van der Waals surface area (Å²) in [4.78, 5) is 23.9. The average molecular weight is 412 g/mol. The first-order valence-electron chi connectivity index (χ1n) is 10.0. The molecule has 6 nitrogen and oxygen atoms in total. The lowest BCUT2D eigenvalue weighted by molar-refractivity contribution is -0.111. The van der Waals surface area contributed by atoms with Crippen LogP contribution < -0.4 is 10.1 Å². The Bertz CT molecular complexity index is 1270. The van der Waals surface area contributed by atoms with Crippen molar-refractivity contribution in [2.45, 2.75) is 19.8 Å². The molecule has 0 spiro atoms. The largest absolute Gasteiger partial charge is 0.481 e. The van der Waals surface area contributed by atoms with E-state index in [0.717, 1.165) is 44.5 Å². The van der Waals surface area contributed by atoms with Gasteiger partial charge in [0.15, 0.2) is 0 Å². The number of pyridine rings is 2. The van der Waals surface area contributed by atoms with Crippen molar-refractivity contribution < 1.29 is 9.53 Å². The second kappa shape index (κ2) is 8.44. The molecule has 2 N–H and O–H groups in total. The third kappa shape index (κ3) is 4.19. The molecule has 4 aromatic rings. The fourth-order valence-electron chi connectivity index (χ4n) is 3.51. The molecule has 31 heavy (non-hydrogen) atoms. The van der Waals surface area contributed by atoms with Gasteiger partial charge in [-0.2, -0.15) is 0 Å². The van der Waals surface area contributed by atoms with Crippen LogP contribution in [0, 0.1) is 0 Å². The fraction of sp³-hybridized carbons (Fsp3) is 0.160. The van der Waals surface area contributed by atoms with Crippen LogP contribution in [0.5, 0.6) is 5.88 Å². The summed E-state index contributed by atoms with van der Waals surface area (Å²) >= 11 is 0. The van der Waals surface area contributed by atoms with Crippen LogP contribution in [-0.2, 0) is 4.79 Å². The van der Waals surface area contributed by atoms with Crippen LogP contribution in [0.1, 0.15) is 25.3 Å². The summed E-state index contributed by atoms with van der Waals surface area (Å²) in [5, 5.41) is 3.87. The maximum absolute atomic E-state index is 11.8. The topological polar surface area (TPSA) is 79.9 Å². The molecule has 6 heteroatoms. The lowest BCUT2D eigenvalue weighted by Gasteiger charge is -2.13. The zero-order chi connectivity index (χ0) is 22.0. The van der Waals surface area contributed by atoms with Gasteiger partial charge in [-0.3, -0.25) is 4.79 Å². The Morgan fingerprint density at radius 1 is 1.13 bits per heavy atom. The van der Waals surface area contributed by atoms with E-state index in [-0.39, 0.29) is 5.91 Å². The highest BCUT2D eigenvalue weighted by Crippen LogP contribution is 2.34. The highest BCUT2D eigenvalue weighted by Gasteiger charge is 2.12. The number of nitrogens with one attached hydrogen (secondary N) is 2. The number of hydrogen-bond acceptors (Lipinski definition) is 4. The Morgan fingerprint density at radius 2 is 1.97 bits per heavy atom. The van der Waals surface area contributed by atoms with Crippen molar-refractivity contribution in [1.29, 1.82) is 0 Å². The summed E-state index contributed by atoms with van der Waals surface area (Å²) in [6.07, 6.45) is 6.78. The van der Waals surface area contributed by atoms with Gasteiger partial charge in [0.2, 0.25) is 11.8 Å². The van der Waals surface area contributed by atoms with Gasteiger partial charge in [0.25, 0.3) is 0 Å². The molecule has 1 aromatic carbocycles. The number of anilines is 1. The van der Waals surface area contributed by atoms with Crippen molar-refractivity contribution in [3.63, 3.8) is 0 Å². The number of aromatic nitrogens is 3. The van der Waals surface area contributed by atoms with Gasteiger partial charge >= 0.3 is 0 Å². The van der Waals surface area contributed by atoms with E-state index in [1.807, 2.05) is 36.7 Å². The van der Waals surface area contributed by atoms with E-state index in [9.17, 15) is 4.79 Å². The molecule has 0 atom stereocenters. The van der Waals surface area contributed by atoms with E-state index in [0.29, 0.717) is 11.8 Å². The molecule has 4 rings (SSSR count). The predicted molar refractivity (Wildman–Crippen MR) is 124 cm³/mol. The van der Waals surface area contributed by atoms with Crippen molar-refractivity contribution in [2.24, 2.45) is 0 Å². The van der Waals surface area contributed by atoms with Crippen LogP contribution in [0.15, 0.2) is 67.6 Å². The molecule has 0 saturated heterocycles. The van der Waals surface area contributed by atoms with Crippen LogP contribution >= 0.6 is 0 Å². The second-order valence-corrected chi connectivity index (χ2v) is 7.60. The number of methoxy groups -OCH3 is 1. The fourth-order valence-corrected chi connectivity index (χ4v) is 3.51. The molecule has 0 fully saturated rings. The molecule has 3 heterocycles. The number of ether oxygens (including phenoxy) is 1. The number of benzene rings is 1. The monoisotopic (exact) mass is 412 g/mol. The molecule has 0 saturated carbocycles. The molecule has 0 aliphatic rings. The number of aromatic amines is 1. The van der Waals surface area contributed by atoms with Crippen molar-refractivity contribution in [2.75, 3.05) is 12.4 Å². The zero-order valence-electron chi connectivity index (χ0n) is 17.8. The molecular formula is C25H24N4O2. The van der Waals surface area contributed by atoms with Crippen LogP contribution in [-0.4, -0.2) is 28.0 Å². The number of carbonyl (C=O) groups excluding carboxylic acids is 1. The first-order chi connectivity index (χ1) is 15.0. The molecular weight excluding hydrogens is 388 g/mol. The lowest BCUT2D eigenvalue weighted by atomic mass is 9.96. The first-order valence-corrected chi connectivity index (χ1v) is 10.0. The quantitative estimate of drug-likeness (QED) is 0.407. The summed E-state index contributed by atoms with van der Waals surface area (Å²) in [6, 6.07) is 12.0. The number of H-pyrrole nitrogens is 1. The van der Waals surface area contributed by atoms with E-state index in [1.165, 1.54) is 6.08 Å². The smallest absolute Gasteiger partial charge is 0.247 e. The molecule has 156 valence electrons. The number of rotatable bonds is 6. The number of fused-ring (bicyclic) bond motifs is 1. The van der Waals surface area contributed by atoms with Crippen molar-refractivity contribution in [3.8, 4) is 28.1 Å². The molecule has 0 aliphatic heterocycles. The van der Waals surface area contributed by atoms with E-state index in [1.54, 1.807) is 13.3 Å². The number of amides is 1. The van der Waals surface area contributed by atoms with Crippen molar-refractivity contribution in [3.05, 3.63) is 73.2 Å². The van der Waals surface area contributed by atoms with Gasteiger partial charge in [0.05, 0.1) is 7.11 Å². The van der Waals surface area contributed by atoms with Crippen molar-refractivity contribution >= 4 is 22.6 Å². The third-order valence-electron chi connectivity index (χ3n) is 5.19. The maximum atomic E-state index is 11.8. The SMILES string of the molecule is C=CC(=O)Nc1cc(-c2cnc3[nH]cc(-c4ccnc(OC)c4)c3c2)cc(C(C)C)c1. The summed E-state index contributed by atoms with van der Waals surface area (Å²) in [6.45, 7) is 7.79. The van der Waals surface area contributed by atoms with Gasteiger partial charge in [0.1, 0.15) is 5.65 Å². The van der Waals surface area contributed by atoms with Gasteiger partial charge < -0.3 is 15.0 Å². The molecule has 3 aromatic heterocycles. The summed E-state index contributed by atoms with van der Waals surface area (Å²) < 4.78 is 5.27. The minimum absolute atomic E-state index is 0.236. The van der Waals surface area contributed by atoms with Gasteiger partial charge in [-0.25, -0.2) is 9.97 Å². The van der Waals surface area contributed by atoms with Crippen molar-refractivity contribution in [1.82, 2.24) is 15.0 Å². The third-order valence-corrected chi connectivity index (χ3v) is 5.19. The highest BCUT2D eigenvalue weighted by molar-refractivity contribution is 6.00. The first kappa shape index (κ1) is 20.3. The average Bonchev–Trinajstić information content (AvgIpc) is 3.22. The summed E-state index contributed by atoms with van der Waals surface area (Å²) in [5.41, 5.74) is 6.63. The van der Waals surface area contributed by atoms with Crippen LogP contribution in [0.25, 0.3) is 33.3 Å². The van der Waals surface area contributed by atoms with Gasteiger partial charge in [-0.1, -0.05) is 26.5 Å². The Morgan fingerprint density at radius 3 is 2.71 bits per heavy atom. The number of carbonyl (C=O) groups is 1. The standard InChI is InChI=1S/C25H24N4O2/c1-5-23(30)29-20-9-17(15(2)3)8-18(10-20)19-11-21-22(14-28-25(21)27-13-19)16-6-7-26-24(12-16)31-4/h5-15H,1H2,2-4H3,(H,27,28)(H,29,30). The predicted octanol–water partition coefficient (Wildman–Crippen LogP) is 5.55. The summed E-state index contributed by atoms with van der Waals surface area (Å²) in [5.74, 6) is 0.631. The van der Waals surface area contributed by atoms with E-state index in [4.69, 9.17) is 4.74 Å². The Kier molecular flexibility index (Phi) is 5.54. The maximum Gasteiger partial charge on any atom is 0.247 e. The van der Waals surface area contributed by atoms with Crippen LogP contribution in [0.2, 0.25) is 0 Å². The highest BCUT2D eigenvalue weighted by atomic mass is 16.5. The zero-order valence-corrected chi connectivity index (χ0v) is 17.8. The minimum atomic E-state index is -0.236. The Balaban J connectivity index is 1.83. The van der Waals surface area contributed by atoms with Gasteiger partial charge in [-0.15, -0.1) is 0 Å². The minimum Gasteiger partial charge on any atom is -0.481 e. The van der Waals surface area contributed by atoms with E-state index < -0.39 is 0 Å². The molecule has 0 aliphatic carbocycles. The Labute approximate surface area is 181 Å². The van der Waals surface area contributed by atoms with Crippen LogP contribution in [0.4, 0.5) is 5.69 Å². The molecule has 0 unspecified atom stereocenters. The van der Waals surface area contributed by atoms with Gasteiger partial charge in [0, 0.05) is 46.9 Å². The lowest BCUT2D eigenvalue weighted by Crippen LogP contribution is -2.08. The Hall–Kier alpha value is -3.93. The molecule has 1 amide bonds. The van der Waals surface area contributed by atoms with E-state index >= 15 is 0 Å². The van der Waals surface area contributed by atoms with E-state index in [2.05, 4.69) is 52.8 Å². The van der Waals surface area contributed by atoms with Gasteiger partial charge in [-0.05, 0) is 52.9 Å². The molecule has 0 radical (unpaired) electrons. The molecule has 0 bridgehead atoms. The summed E-state index contributed by atoms with van der Waals surface area (Å²) in [7, 11) is 1.60. The second-order valence-electron chi connectivity index (χ2n) is 7.60.